The van der Waals surface area contributed by atoms with Crippen LogP contribution in [0.15, 0.2) is 96.1 Å². The van der Waals surface area contributed by atoms with Crippen molar-refractivity contribution in [2.45, 2.75) is 5.41 Å². The van der Waals surface area contributed by atoms with E-state index >= 15 is 0 Å². The third kappa shape index (κ3) is 2.13. The van der Waals surface area contributed by atoms with Crippen LogP contribution in [0, 0.1) is 23.7 Å². The van der Waals surface area contributed by atoms with Crippen molar-refractivity contribution in [3.63, 3.8) is 0 Å². The monoisotopic (exact) mass is 346 g/mol. The molecule has 0 heterocycles. The maximum absolute atomic E-state index is 7.92. The topological polar surface area (TPSA) is 47.7 Å². The molecule has 5 rings (SSSR count). The van der Waals surface area contributed by atoms with Crippen molar-refractivity contribution in [2.75, 3.05) is 0 Å². The molecule has 0 amide bonds. The number of fused-ring (bicyclic) bond motifs is 3. The minimum absolute atomic E-state index is 0.436. The summed E-state index contributed by atoms with van der Waals surface area (Å²) in [4.78, 5) is 0. The van der Waals surface area contributed by atoms with Gasteiger partial charge in [-0.25, -0.2) is 0 Å². The molecule has 2 aromatic rings. The average molecular weight is 346 g/mol. The van der Waals surface area contributed by atoms with Crippen molar-refractivity contribution < 1.29 is 0 Å². The van der Waals surface area contributed by atoms with Crippen LogP contribution in [0.5, 0.6) is 0 Å². The second-order valence-corrected chi connectivity index (χ2v) is 7.00. The van der Waals surface area contributed by atoms with Crippen LogP contribution < -0.4 is 0 Å². The molecule has 2 N–H and O–H groups in total. The Balaban J connectivity index is 1.87. The predicted molar refractivity (Wildman–Crippen MR) is 111 cm³/mol. The smallest absolute Gasteiger partial charge is 0.165 e. The molecular formula is C25H18N2+2. The maximum atomic E-state index is 7.92. The molecule has 0 unspecified atom stereocenters. The van der Waals surface area contributed by atoms with Crippen LogP contribution in [0.2, 0.25) is 0 Å². The van der Waals surface area contributed by atoms with Gasteiger partial charge in [0.15, 0.2) is 16.8 Å². The van der Waals surface area contributed by atoms with Gasteiger partial charge in [-0.15, -0.1) is 0 Å². The van der Waals surface area contributed by atoms with Gasteiger partial charge in [-0.05, 0) is 11.1 Å². The van der Waals surface area contributed by atoms with Gasteiger partial charge in [-0.2, -0.15) is 0 Å². The lowest BCUT2D eigenvalue weighted by atomic mass is 9.64. The summed E-state index contributed by atoms with van der Waals surface area (Å²) in [5, 5.41) is 15.8. The van der Waals surface area contributed by atoms with E-state index in [4.69, 9.17) is 10.8 Å². The van der Waals surface area contributed by atoms with Crippen molar-refractivity contribution in [1.82, 2.24) is 0 Å². The Morgan fingerprint density at radius 1 is 0.593 bits per heavy atom. The molecule has 0 radical (unpaired) electrons. The van der Waals surface area contributed by atoms with E-state index in [2.05, 4.69) is 72.8 Å². The first kappa shape index (κ1) is 15.7. The molecule has 2 aromatic carbocycles. The number of nitrogens with one attached hydrogen (secondary N) is 2. The normalized spacial score (nSPS) is 18.8. The highest BCUT2D eigenvalue weighted by Crippen LogP contribution is 2.57. The molecule has 3 aliphatic rings. The quantitative estimate of drug-likeness (QED) is 0.685. The lowest BCUT2D eigenvalue weighted by Crippen LogP contribution is -2.31. The molecule has 0 saturated carbocycles. The lowest BCUT2D eigenvalue weighted by molar-refractivity contribution is 0.763. The molecule has 0 aromatic heterocycles. The molecule has 2 heteroatoms. The van der Waals surface area contributed by atoms with E-state index in [1.54, 1.807) is 0 Å². The molecule has 27 heavy (non-hydrogen) atoms. The number of benzene rings is 2. The van der Waals surface area contributed by atoms with Crippen molar-refractivity contribution in [2.24, 2.45) is 0 Å². The Kier molecular flexibility index (Phi) is 3.34. The van der Waals surface area contributed by atoms with Crippen molar-refractivity contribution >= 4 is 11.4 Å². The molecule has 0 fully saturated rings. The highest BCUT2D eigenvalue weighted by molar-refractivity contribution is 6.05. The van der Waals surface area contributed by atoms with E-state index in [9.17, 15) is 0 Å². The molecule has 126 valence electrons. The Morgan fingerprint density at radius 2 is 1.04 bits per heavy atom. The minimum Gasteiger partial charge on any atom is -0.275 e. The van der Waals surface area contributed by atoms with Crippen molar-refractivity contribution in [1.29, 1.82) is 10.8 Å². The summed E-state index contributed by atoms with van der Waals surface area (Å²) < 4.78 is 0. The van der Waals surface area contributed by atoms with E-state index < -0.39 is 5.41 Å². The Bertz CT molecular complexity index is 1020. The fraction of sp³-hybridized carbons (Fsp3) is 0.0400. The van der Waals surface area contributed by atoms with Gasteiger partial charge in [0.25, 0.3) is 0 Å². The van der Waals surface area contributed by atoms with E-state index in [1.807, 2.05) is 25.0 Å². The summed E-state index contributed by atoms with van der Waals surface area (Å²) in [6.45, 7) is 0. The number of allylic oxidation sites excluding steroid dienone is 8. The van der Waals surface area contributed by atoms with Crippen molar-refractivity contribution in [3.8, 4) is 11.1 Å². The van der Waals surface area contributed by atoms with Crippen molar-refractivity contribution in [3.05, 3.63) is 120 Å². The first-order chi connectivity index (χ1) is 13.2. The second kappa shape index (κ2) is 5.75. The zero-order valence-electron chi connectivity index (χ0n) is 14.7. The van der Waals surface area contributed by atoms with Gasteiger partial charge in [0, 0.05) is 11.1 Å². The van der Waals surface area contributed by atoms with E-state index in [-0.39, 0.29) is 0 Å². The molecule has 0 saturated heterocycles. The van der Waals surface area contributed by atoms with Crippen LogP contribution in [0.4, 0.5) is 0 Å². The summed E-state index contributed by atoms with van der Waals surface area (Å²) in [5.41, 5.74) is 7.88. The van der Waals surface area contributed by atoms with Gasteiger partial charge >= 0.3 is 0 Å². The van der Waals surface area contributed by atoms with E-state index in [0.717, 1.165) is 11.1 Å². The zero-order chi connectivity index (χ0) is 18.4. The van der Waals surface area contributed by atoms with E-state index in [1.165, 1.54) is 22.3 Å². The molecule has 3 aliphatic carbocycles. The fourth-order valence-corrected chi connectivity index (χ4v) is 4.46. The predicted octanol–water partition coefficient (Wildman–Crippen LogP) is 5.39. The summed E-state index contributed by atoms with van der Waals surface area (Å²) in [5.74, 6) is 0. The molecule has 2 nitrogen and oxygen atoms in total. The fourth-order valence-electron chi connectivity index (χ4n) is 4.46. The minimum atomic E-state index is -0.436. The molecule has 0 spiro atoms. The van der Waals surface area contributed by atoms with Gasteiger partial charge in [-0.1, -0.05) is 48.5 Å². The maximum Gasteiger partial charge on any atom is 0.165 e. The second-order valence-electron chi connectivity index (χ2n) is 7.00. The van der Waals surface area contributed by atoms with Crippen LogP contribution >= 0.6 is 0 Å². The first-order valence-electron chi connectivity index (χ1n) is 9.05. The van der Waals surface area contributed by atoms with E-state index in [0.29, 0.717) is 11.4 Å². The SMILES string of the molecule is N=C1C=CC(C2(C3=C[CH+]C(=N)C=C3)c3ccccc3-c3ccccc32)=C[CH+]1. The molecular weight excluding hydrogens is 328 g/mol. The summed E-state index contributed by atoms with van der Waals surface area (Å²) in [7, 11) is 0. The molecule has 0 bridgehead atoms. The highest BCUT2D eigenvalue weighted by Gasteiger charge is 2.54. The Morgan fingerprint density at radius 3 is 1.44 bits per heavy atom. The highest BCUT2D eigenvalue weighted by atomic mass is 14.5. The number of hydrogen-bond acceptors (Lipinski definition) is 2. The molecule has 0 aliphatic heterocycles. The number of hydrogen-bond donors (Lipinski definition) is 2. The third-order valence-electron chi connectivity index (χ3n) is 5.59. The van der Waals surface area contributed by atoms with Gasteiger partial charge < -0.3 is 0 Å². The van der Waals surface area contributed by atoms with Crippen LogP contribution in [0.25, 0.3) is 11.1 Å². The third-order valence-corrected chi connectivity index (χ3v) is 5.59. The summed E-state index contributed by atoms with van der Waals surface area (Å²) >= 11 is 0. The lowest BCUT2D eigenvalue weighted by Gasteiger charge is -2.29. The average Bonchev–Trinajstić information content (AvgIpc) is 3.01. The number of rotatable bonds is 2. The summed E-state index contributed by atoms with van der Waals surface area (Å²) in [6, 6.07) is 17.2. The largest absolute Gasteiger partial charge is 0.275 e. The van der Waals surface area contributed by atoms with Gasteiger partial charge in [-0.3, -0.25) is 10.8 Å². The van der Waals surface area contributed by atoms with Gasteiger partial charge in [0.05, 0.1) is 60.4 Å². The van der Waals surface area contributed by atoms with Crippen LogP contribution in [0.1, 0.15) is 11.1 Å². The van der Waals surface area contributed by atoms with Gasteiger partial charge in [0.1, 0.15) is 0 Å². The standard InChI is InChI=1S/C25H18N2/c26-19-13-9-17(10-14-19)25(18-11-15-20(27)16-12-18)23-7-3-1-5-21(23)22-6-2-4-8-24(22)25/h1-16,26-27H/q+2. The van der Waals surface area contributed by atoms with Crippen LogP contribution in [-0.2, 0) is 5.41 Å². The zero-order valence-corrected chi connectivity index (χ0v) is 14.7. The van der Waals surface area contributed by atoms with Crippen LogP contribution in [-0.4, -0.2) is 11.4 Å². The Labute approximate surface area is 159 Å². The Hall–Kier alpha value is -3.52. The van der Waals surface area contributed by atoms with Gasteiger partial charge in [0.2, 0.25) is 0 Å². The molecule has 0 atom stereocenters. The van der Waals surface area contributed by atoms with Crippen LogP contribution in [0.3, 0.4) is 0 Å². The summed E-state index contributed by atoms with van der Waals surface area (Å²) in [6.07, 6.45) is 15.7. The first-order valence-corrected chi connectivity index (χ1v) is 9.05.